The molecular weight excluding hydrogens is 302 g/mol. The van der Waals surface area contributed by atoms with Gasteiger partial charge in [-0.15, -0.1) is 0 Å². The third-order valence-electron chi connectivity index (χ3n) is 4.79. The van der Waals surface area contributed by atoms with Crippen LogP contribution in [0.1, 0.15) is 31.7 Å². The van der Waals surface area contributed by atoms with Crippen molar-refractivity contribution in [1.82, 2.24) is 4.90 Å². The van der Waals surface area contributed by atoms with Crippen molar-refractivity contribution in [2.75, 3.05) is 13.6 Å². The second kappa shape index (κ2) is 7.81. The van der Waals surface area contributed by atoms with Crippen LogP contribution < -0.4 is 0 Å². The molecule has 0 spiro atoms. The van der Waals surface area contributed by atoms with Gasteiger partial charge in [-0.3, -0.25) is 4.90 Å². The molecule has 1 aliphatic rings. The zero-order chi connectivity index (χ0) is 17.0. The van der Waals surface area contributed by atoms with Gasteiger partial charge in [0.15, 0.2) is 0 Å². The largest absolute Gasteiger partial charge is 0.299 e. The highest BCUT2D eigenvalue weighted by atomic mass is 35.5. The number of hydrogen-bond donors (Lipinski definition) is 0. The molecule has 122 valence electrons. The maximum atomic E-state index is 6.42. The number of halogens is 1. The van der Waals surface area contributed by atoms with Crippen molar-refractivity contribution < 1.29 is 0 Å². The smallest absolute Gasteiger partial charge is 0.0478 e. The van der Waals surface area contributed by atoms with Gasteiger partial charge in [0.1, 0.15) is 0 Å². The fourth-order valence-electron chi connectivity index (χ4n) is 3.38. The Balaban J connectivity index is 2.27. The van der Waals surface area contributed by atoms with Gasteiger partial charge in [0.25, 0.3) is 0 Å². The second-order valence-electron chi connectivity index (χ2n) is 6.22. The van der Waals surface area contributed by atoms with Crippen LogP contribution in [-0.2, 0) is 0 Å². The Morgan fingerprint density at radius 1 is 1.30 bits per heavy atom. The van der Waals surface area contributed by atoms with E-state index in [9.17, 15) is 0 Å². The van der Waals surface area contributed by atoms with Gasteiger partial charge in [0.2, 0.25) is 0 Å². The normalized spacial score (nSPS) is 23.6. The third kappa shape index (κ3) is 3.85. The topological polar surface area (TPSA) is 3.24 Å². The molecule has 1 aromatic carbocycles. The van der Waals surface area contributed by atoms with Crippen LogP contribution in [0, 0.1) is 0 Å². The van der Waals surface area contributed by atoms with Gasteiger partial charge >= 0.3 is 0 Å². The van der Waals surface area contributed by atoms with E-state index >= 15 is 0 Å². The minimum atomic E-state index is 0.304. The molecule has 0 bridgehead atoms. The Morgan fingerprint density at radius 3 is 2.52 bits per heavy atom. The van der Waals surface area contributed by atoms with Crippen LogP contribution in [0.4, 0.5) is 0 Å². The fourth-order valence-corrected chi connectivity index (χ4v) is 3.65. The van der Waals surface area contributed by atoms with Crippen molar-refractivity contribution in [1.29, 1.82) is 0 Å². The Hall–Kier alpha value is -1.57. The molecule has 0 aliphatic carbocycles. The lowest BCUT2D eigenvalue weighted by molar-refractivity contribution is 0.345. The summed E-state index contributed by atoms with van der Waals surface area (Å²) in [7, 11) is 2.17. The van der Waals surface area contributed by atoms with Gasteiger partial charge in [-0.1, -0.05) is 67.2 Å². The van der Waals surface area contributed by atoms with Crippen molar-refractivity contribution in [3.8, 4) is 0 Å². The number of likely N-dealkylation sites (tertiary alicyclic amines) is 1. The Bertz CT molecular complexity index is 639. The summed E-state index contributed by atoms with van der Waals surface area (Å²) >= 11 is 6.42. The van der Waals surface area contributed by atoms with Crippen LogP contribution in [-0.4, -0.2) is 24.5 Å². The number of likely N-dealkylation sites (N-methyl/N-ethyl adjacent to an activating group) is 1. The van der Waals surface area contributed by atoms with Crippen molar-refractivity contribution >= 4 is 11.6 Å². The van der Waals surface area contributed by atoms with Crippen molar-refractivity contribution in [2.45, 2.75) is 32.2 Å². The predicted molar refractivity (Wildman–Crippen MR) is 102 cm³/mol. The van der Waals surface area contributed by atoms with Crippen molar-refractivity contribution in [3.63, 3.8) is 0 Å². The molecule has 0 N–H and O–H groups in total. The van der Waals surface area contributed by atoms with Crippen LogP contribution in [0.5, 0.6) is 0 Å². The van der Waals surface area contributed by atoms with Crippen molar-refractivity contribution in [2.24, 2.45) is 0 Å². The molecule has 1 aliphatic heterocycles. The number of nitrogens with zero attached hydrogens (tertiary/aromatic N) is 1. The second-order valence-corrected chi connectivity index (χ2v) is 6.63. The zero-order valence-electron chi connectivity index (χ0n) is 14.3. The Kier molecular flexibility index (Phi) is 6.04. The lowest BCUT2D eigenvalue weighted by atomic mass is 9.89. The van der Waals surface area contributed by atoms with Gasteiger partial charge in [0, 0.05) is 17.6 Å². The average molecular weight is 328 g/mol. The number of benzene rings is 1. The molecule has 2 unspecified atom stereocenters. The summed E-state index contributed by atoms with van der Waals surface area (Å²) in [6.07, 6.45) is 4.86. The summed E-state index contributed by atoms with van der Waals surface area (Å²) < 4.78 is 0. The van der Waals surface area contributed by atoms with E-state index < -0.39 is 0 Å². The monoisotopic (exact) mass is 327 g/mol. The van der Waals surface area contributed by atoms with Crippen LogP contribution >= 0.6 is 11.6 Å². The van der Waals surface area contributed by atoms with Crippen LogP contribution in [0.25, 0.3) is 0 Å². The highest BCUT2D eigenvalue weighted by molar-refractivity contribution is 6.32. The summed E-state index contributed by atoms with van der Waals surface area (Å²) in [5, 5.41) is 0.683. The Morgan fingerprint density at radius 2 is 1.96 bits per heavy atom. The molecule has 1 fully saturated rings. The van der Waals surface area contributed by atoms with E-state index in [-0.39, 0.29) is 0 Å². The molecule has 23 heavy (non-hydrogen) atoms. The minimum absolute atomic E-state index is 0.304. The van der Waals surface area contributed by atoms with E-state index in [2.05, 4.69) is 68.4 Å². The van der Waals surface area contributed by atoms with Gasteiger partial charge in [0.05, 0.1) is 0 Å². The lowest BCUT2D eigenvalue weighted by Gasteiger charge is -2.24. The molecule has 1 saturated heterocycles. The quantitative estimate of drug-likeness (QED) is 0.629. The highest BCUT2D eigenvalue weighted by Crippen LogP contribution is 2.38. The molecular formula is C21H26ClN. The summed E-state index contributed by atoms with van der Waals surface area (Å²) in [6.45, 7) is 13.3. The first-order chi connectivity index (χ1) is 11.0. The summed E-state index contributed by atoms with van der Waals surface area (Å²) in [5.74, 6) is 0.539. The molecule has 1 nitrogen and oxygen atoms in total. The first kappa shape index (κ1) is 17.8. The van der Waals surface area contributed by atoms with E-state index in [4.69, 9.17) is 11.6 Å². The third-order valence-corrected chi connectivity index (χ3v) is 5.13. The molecule has 1 aromatic rings. The maximum Gasteiger partial charge on any atom is 0.0478 e. The van der Waals surface area contributed by atoms with Crippen LogP contribution in [0.15, 0.2) is 77.4 Å². The number of hydrogen-bond acceptors (Lipinski definition) is 1. The minimum Gasteiger partial charge on any atom is -0.299 e. The first-order valence-electron chi connectivity index (χ1n) is 8.09. The lowest BCUT2D eigenvalue weighted by Crippen LogP contribution is -2.27. The van der Waals surface area contributed by atoms with Crippen molar-refractivity contribution in [3.05, 3.63) is 83.0 Å². The standard InChI is InChI=1S/C21H26ClN/c1-6-15(3)21(19(22)7-2)16(4)20-13-18(14-23(20)5)17-11-9-8-10-12-17/h6-12,18,20H,2,4,13-14H2,1,3,5H3/b15-6-,21-19-. The summed E-state index contributed by atoms with van der Waals surface area (Å²) in [4.78, 5) is 2.39. The van der Waals surface area contributed by atoms with Gasteiger partial charge in [-0.05, 0) is 55.5 Å². The fraction of sp³-hybridized carbons (Fsp3) is 0.333. The predicted octanol–water partition coefficient (Wildman–Crippen LogP) is 5.68. The average Bonchev–Trinajstić information content (AvgIpc) is 2.97. The number of allylic oxidation sites excluding steroid dienone is 4. The molecule has 0 amide bonds. The molecule has 0 aromatic heterocycles. The Labute approximate surface area is 145 Å². The van der Waals surface area contributed by atoms with Crippen LogP contribution in [0.2, 0.25) is 0 Å². The van der Waals surface area contributed by atoms with E-state index in [1.165, 1.54) is 5.56 Å². The summed E-state index contributed by atoms with van der Waals surface area (Å²) in [5.41, 5.74) is 4.68. The molecule has 0 radical (unpaired) electrons. The highest BCUT2D eigenvalue weighted by Gasteiger charge is 2.33. The van der Waals surface area contributed by atoms with Crippen LogP contribution in [0.3, 0.4) is 0 Å². The molecule has 2 rings (SSSR count). The van der Waals surface area contributed by atoms with E-state index in [0.717, 1.165) is 29.7 Å². The van der Waals surface area contributed by atoms with Gasteiger partial charge < -0.3 is 0 Å². The SMILES string of the molecule is C=C/C(Cl)=C(C(=C)C1CC(c2ccccc2)CN1C)\C(C)=C/C. The van der Waals surface area contributed by atoms with Gasteiger partial charge in [-0.2, -0.15) is 0 Å². The van der Waals surface area contributed by atoms with E-state index in [1.54, 1.807) is 6.08 Å². The zero-order valence-corrected chi connectivity index (χ0v) is 15.1. The molecule has 2 atom stereocenters. The molecule has 1 heterocycles. The number of rotatable bonds is 5. The summed E-state index contributed by atoms with van der Waals surface area (Å²) in [6, 6.07) is 11.0. The van der Waals surface area contributed by atoms with E-state index in [0.29, 0.717) is 17.0 Å². The van der Waals surface area contributed by atoms with Gasteiger partial charge in [-0.25, -0.2) is 0 Å². The maximum absolute atomic E-state index is 6.42. The first-order valence-corrected chi connectivity index (χ1v) is 8.47. The molecule has 0 saturated carbocycles. The molecule has 2 heteroatoms. The van der Waals surface area contributed by atoms with E-state index in [1.807, 2.05) is 6.92 Å².